The van der Waals surface area contributed by atoms with Gasteiger partial charge < -0.3 is 5.73 Å². The molecule has 1 aromatic rings. The van der Waals surface area contributed by atoms with E-state index in [9.17, 15) is 0 Å². The van der Waals surface area contributed by atoms with Gasteiger partial charge in [0.1, 0.15) is 10.8 Å². The molecule has 4 heteroatoms. The Hall–Kier alpha value is -0.700. The molecule has 0 aliphatic heterocycles. The summed E-state index contributed by atoms with van der Waals surface area (Å²) in [5, 5.41) is 4.42. The molecule has 0 amide bonds. The summed E-state index contributed by atoms with van der Waals surface area (Å²) in [7, 11) is 0. The van der Waals surface area contributed by atoms with Crippen LogP contribution in [0.2, 0.25) is 5.02 Å². The Morgan fingerprint density at radius 1 is 1.64 bits per heavy atom. The van der Waals surface area contributed by atoms with Crippen LogP contribution in [0.3, 0.4) is 0 Å². The molecule has 1 rings (SSSR count). The minimum absolute atomic E-state index is 0.525. The Morgan fingerprint density at radius 3 is 2.36 bits per heavy atom. The fraction of sp³-hybridized carbons (Fsp3) is 0.571. The third-order valence-corrected chi connectivity index (χ3v) is 1.42. The molecule has 0 saturated heterocycles. The molecule has 0 unspecified atom stereocenters. The summed E-state index contributed by atoms with van der Waals surface area (Å²) < 4.78 is 1.64. The molecule has 0 aliphatic rings. The van der Waals surface area contributed by atoms with Crippen molar-refractivity contribution in [3.63, 3.8) is 0 Å². The molecule has 3 nitrogen and oxygen atoms in total. The standard InChI is InChI=1S/C5H8ClN3.C2H6/c1-2-9-5(7)4(6)3-8-9;1-2/h3H,2,7H2,1H3;1-2H3. The first-order valence-corrected chi connectivity index (χ1v) is 4.10. The average molecular weight is 176 g/mol. The van der Waals surface area contributed by atoms with Crippen LogP contribution in [0.4, 0.5) is 5.82 Å². The van der Waals surface area contributed by atoms with Gasteiger partial charge in [0.05, 0.1) is 6.20 Å². The van der Waals surface area contributed by atoms with Crippen LogP contribution in [-0.2, 0) is 6.54 Å². The summed E-state index contributed by atoms with van der Waals surface area (Å²) in [4.78, 5) is 0. The van der Waals surface area contributed by atoms with Crippen LogP contribution in [-0.4, -0.2) is 9.78 Å². The van der Waals surface area contributed by atoms with E-state index in [0.717, 1.165) is 6.54 Å². The van der Waals surface area contributed by atoms with E-state index in [4.69, 9.17) is 17.3 Å². The molecule has 11 heavy (non-hydrogen) atoms. The number of nitrogens with zero attached hydrogens (tertiary/aromatic N) is 2. The highest BCUT2D eigenvalue weighted by atomic mass is 35.5. The second-order valence-corrected chi connectivity index (χ2v) is 2.10. The number of aryl methyl sites for hydroxylation is 1. The molecule has 0 bridgehead atoms. The van der Waals surface area contributed by atoms with Gasteiger partial charge in [-0.25, -0.2) is 4.68 Å². The fourth-order valence-corrected chi connectivity index (χ4v) is 0.765. The van der Waals surface area contributed by atoms with Gasteiger partial charge >= 0.3 is 0 Å². The van der Waals surface area contributed by atoms with Crippen LogP contribution >= 0.6 is 11.6 Å². The van der Waals surface area contributed by atoms with Crippen LogP contribution in [0.15, 0.2) is 6.20 Å². The van der Waals surface area contributed by atoms with Gasteiger partial charge in [-0.1, -0.05) is 25.4 Å². The molecular formula is C7H14ClN3. The number of hydrogen-bond donors (Lipinski definition) is 1. The number of halogens is 1. The summed E-state index contributed by atoms with van der Waals surface area (Å²) >= 11 is 5.60. The summed E-state index contributed by atoms with van der Waals surface area (Å²) in [6.45, 7) is 6.72. The Morgan fingerprint density at radius 2 is 2.18 bits per heavy atom. The Balaban J connectivity index is 0.000000461. The third-order valence-electron chi connectivity index (χ3n) is 1.13. The summed E-state index contributed by atoms with van der Waals surface area (Å²) in [6.07, 6.45) is 1.54. The van der Waals surface area contributed by atoms with Gasteiger partial charge in [-0.15, -0.1) is 0 Å². The molecule has 0 radical (unpaired) electrons. The van der Waals surface area contributed by atoms with Crippen LogP contribution in [0.5, 0.6) is 0 Å². The van der Waals surface area contributed by atoms with E-state index in [2.05, 4.69) is 5.10 Å². The molecular weight excluding hydrogens is 162 g/mol. The number of aromatic nitrogens is 2. The minimum Gasteiger partial charge on any atom is -0.383 e. The van der Waals surface area contributed by atoms with Crippen molar-refractivity contribution < 1.29 is 0 Å². The van der Waals surface area contributed by atoms with Crippen molar-refractivity contribution in [1.82, 2.24) is 9.78 Å². The predicted octanol–water partition coefficient (Wildman–Crippen LogP) is 2.16. The number of hydrogen-bond acceptors (Lipinski definition) is 2. The maximum atomic E-state index is 5.60. The smallest absolute Gasteiger partial charge is 0.140 e. The van der Waals surface area contributed by atoms with Gasteiger partial charge in [0.25, 0.3) is 0 Å². The van der Waals surface area contributed by atoms with Crippen LogP contribution in [0.1, 0.15) is 20.8 Å². The predicted molar refractivity (Wildman–Crippen MR) is 48.7 cm³/mol. The molecule has 0 aromatic carbocycles. The Bertz CT molecular complexity index is 207. The lowest BCUT2D eigenvalue weighted by Crippen LogP contribution is -2.01. The molecule has 1 aromatic heterocycles. The van der Waals surface area contributed by atoms with Crippen molar-refractivity contribution in [3.8, 4) is 0 Å². The van der Waals surface area contributed by atoms with Crippen LogP contribution < -0.4 is 5.73 Å². The number of nitrogens with two attached hydrogens (primary N) is 1. The van der Waals surface area contributed by atoms with Crippen molar-refractivity contribution >= 4 is 17.4 Å². The first-order chi connectivity index (χ1) is 5.25. The molecule has 0 spiro atoms. The SMILES string of the molecule is CC.CCn1ncc(Cl)c1N. The van der Waals surface area contributed by atoms with Gasteiger partial charge in [0.2, 0.25) is 0 Å². The van der Waals surface area contributed by atoms with Crippen LogP contribution in [0.25, 0.3) is 0 Å². The first-order valence-electron chi connectivity index (χ1n) is 3.72. The van der Waals surface area contributed by atoms with Gasteiger partial charge in [-0.05, 0) is 6.92 Å². The van der Waals surface area contributed by atoms with E-state index in [1.54, 1.807) is 10.9 Å². The minimum atomic E-state index is 0.525. The monoisotopic (exact) mass is 175 g/mol. The van der Waals surface area contributed by atoms with E-state index in [1.165, 1.54) is 0 Å². The van der Waals surface area contributed by atoms with Crippen molar-refractivity contribution in [2.75, 3.05) is 5.73 Å². The number of anilines is 1. The maximum absolute atomic E-state index is 5.60. The Labute approximate surface area is 72.1 Å². The average Bonchev–Trinajstić information content (AvgIpc) is 2.37. The normalized spacial score (nSPS) is 8.73. The topological polar surface area (TPSA) is 43.8 Å². The van der Waals surface area contributed by atoms with E-state index < -0.39 is 0 Å². The first kappa shape index (κ1) is 10.3. The van der Waals surface area contributed by atoms with E-state index in [1.807, 2.05) is 20.8 Å². The number of rotatable bonds is 1. The molecule has 64 valence electrons. The van der Waals surface area contributed by atoms with Crippen molar-refractivity contribution in [2.45, 2.75) is 27.3 Å². The lowest BCUT2D eigenvalue weighted by atomic mass is 10.6. The summed E-state index contributed by atoms with van der Waals surface area (Å²) in [5.41, 5.74) is 5.48. The van der Waals surface area contributed by atoms with Gasteiger partial charge in [-0.2, -0.15) is 5.10 Å². The Kier molecular flexibility index (Phi) is 4.70. The van der Waals surface area contributed by atoms with Gasteiger partial charge in [0.15, 0.2) is 0 Å². The van der Waals surface area contributed by atoms with Crippen molar-refractivity contribution in [1.29, 1.82) is 0 Å². The molecule has 0 saturated carbocycles. The highest BCUT2D eigenvalue weighted by molar-refractivity contribution is 6.32. The van der Waals surface area contributed by atoms with Crippen LogP contribution in [0, 0.1) is 0 Å². The molecule has 1 heterocycles. The highest BCUT2D eigenvalue weighted by Crippen LogP contribution is 2.15. The molecule has 2 N–H and O–H groups in total. The molecule has 0 atom stereocenters. The summed E-state index contributed by atoms with van der Waals surface area (Å²) in [6, 6.07) is 0. The zero-order valence-electron chi connectivity index (χ0n) is 7.13. The van der Waals surface area contributed by atoms with E-state index >= 15 is 0 Å². The lowest BCUT2D eigenvalue weighted by Gasteiger charge is -1.95. The van der Waals surface area contributed by atoms with Crippen molar-refractivity contribution in [2.24, 2.45) is 0 Å². The lowest BCUT2D eigenvalue weighted by molar-refractivity contribution is 0.670. The highest BCUT2D eigenvalue weighted by Gasteiger charge is 2.00. The fourth-order valence-electron chi connectivity index (χ4n) is 0.624. The second kappa shape index (κ2) is 5.02. The summed E-state index contributed by atoms with van der Waals surface area (Å²) in [5.74, 6) is 0.541. The van der Waals surface area contributed by atoms with Crippen molar-refractivity contribution in [3.05, 3.63) is 11.2 Å². The second-order valence-electron chi connectivity index (χ2n) is 1.69. The molecule has 0 fully saturated rings. The van der Waals surface area contributed by atoms with Gasteiger partial charge in [-0.3, -0.25) is 0 Å². The zero-order valence-corrected chi connectivity index (χ0v) is 7.89. The van der Waals surface area contributed by atoms with E-state index in [-0.39, 0.29) is 0 Å². The van der Waals surface area contributed by atoms with E-state index in [0.29, 0.717) is 10.8 Å². The molecule has 0 aliphatic carbocycles. The maximum Gasteiger partial charge on any atom is 0.140 e. The largest absolute Gasteiger partial charge is 0.383 e. The third kappa shape index (κ3) is 2.42. The number of nitrogen functional groups attached to an aromatic ring is 1. The quantitative estimate of drug-likeness (QED) is 0.711. The van der Waals surface area contributed by atoms with Gasteiger partial charge in [0, 0.05) is 6.54 Å². The zero-order chi connectivity index (χ0) is 8.85.